The van der Waals surface area contributed by atoms with Crippen LogP contribution in [0.2, 0.25) is 0 Å². The maximum absolute atomic E-state index is 12.5. The zero-order valence-corrected chi connectivity index (χ0v) is 15.6. The highest BCUT2D eigenvalue weighted by Crippen LogP contribution is 2.23. The molecule has 0 heterocycles. The Morgan fingerprint density at radius 1 is 1.07 bits per heavy atom. The minimum absolute atomic E-state index is 0.217. The minimum atomic E-state index is -4.74. The number of hydrogen-bond donors (Lipinski definition) is 2. The number of carbonyl (C=O) groups excluding carboxylic acids is 2. The van der Waals surface area contributed by atoms with Gasteiger partial charge in [-0.3, -0.25) is 4.79 Å². The zero-order valence-electron chi connectivity index (χ0n) is 15.6. The van der Waals surface area contributed by atoms with Gasteiger partial charge in [0.1, 0.15) is 5.75 Å². The van der Waals surface area contributed by atoms with Crippen molar-refractivity contribution in [2.45, 2.75) is 31.8 Å². The molecule has 1 aliphatic rings. The molecule has 0 aromatic heterocycles. The Morgan fingerprint density at radius 2 is 1.69 bits per heavy atom. The Balaban J connectivity index is 1.54. The van der Waals surface area contributed by atoms with Crippen LogP contribution in [-0.4, -0.2) is 36.3 Å². The van der Waals surface area contributed by atoms with Crippen LogP contribution >= 0.6 is 0 Å². The van der Waals surface area contributed by atoms with Gasteiger partial charge in [-0.25, -0.2) is 4.79 Å². The Hall–Kier alpha value is -3.23. The van der Waals surface area contributed by atoms with Gasteiger partial charge in [0.2, 0.25) is 0 Å². The summed E-state index contributed by atoms with van der Waals surface area (Å²) in [6.07, 6.45) is -2.76. The molecule has 29 heavy (non-hydrogen) atoms. The fourth-order valence-corrected chi connectivity index (χ4v) is 2.64. The van der Waals surface area contributed by atoms with Gasteiger partial charge in [0, 0.05) is 30.9 Å². The van der Waals surface area contributed by atoms with Crippen molar-refractivity contribution in [3.05, 3.63) is 59.7 Å². The lowest BCUT2D eigenvalue weighted by molar-refractivity contribution is -0.274. The van der Waals surface area contributed by atoms with E-state index in [4.69, 9.17) is 0 Å². The van der Waals surface area contributed by atoms with Crippen LogP contribution in [-0.2, 0) is 6.54 Å². The molecule has 9 heteroatoms. The van der Waals surface area contributed by atoms with Crippen molar-refractivity contribution in [2.24, 2.45) is 0 Å². The SMILES string of the molecule is CN(Cc1ccc(OC(F)(F)F)cc1)C(=O)c1ccc(NC(=O)NC2CC2)cc1. The van der Waals surface area contributed by atoms with Gasteiger partial charge in [-0.05, 0) is 54.8 Å². The third kappa shape index (κ3) is 6.41. The van der Waals surface area contributed by atoms with Crippen molar-refractivity contribution < 1.29 is 27.5 Å². The molecule has 0 aliphatic heterocycles. The predicted octanol–water partition coefficient (Wildman–Crippen LogP) is 4.14. The summed E-state index contributed by atoms with van der Waals surface area (Å²) >= 11 is 0. The molecule has 2 N–H and O–H groups in total. The van der Waals surface area contributed by atoms with E-state index >= 15 is 0 Å². The van der Waals surface area contributed by atoms with Crippen LogP contribution in [0, 0.1) is 0 Å². The summed E-state index contributed by atoms with van der Waals surface area (Å²) < 4.78 is 40.4. The minimum Gasteiger partial charge on any atom is -0.406 e. The second-order valence-corrected chi connectivity index (χ2v) is 6.80. The molecule has 1 fully saturated rings. The second-order valence-electron chi connectivity index (χ2n) is 6.80. The molecular weight excluding hydrogens is 387 g/mol. The fraction of sp³-hybridized carbons (Fsp3) is 0.300. The number of halogens is 3. The first kappa shape index (κ1) is 20.5. The van der Waals surface area contributed by atoms with Crippen molar-refractivity contribution in [3.8, 4) is 5.75 Å². The number of alkyl halides is 3. The van der Waals surface area contributed by atoms with E-state index in [2.05, 4.69) is 15.4 Å². The van der Waals surface area contributed by atoms with Crippen molar-refractivity contribution in [1.82, 2.24) is 10.2 Å². The van der Waals surface area contributed by atoms with Crippen molar-refractivity contribution in [1.29, 1.82) is 0 Å². The molecular formula is C20H20F3N3O3. The van der Waals surface area contributed by atoms with E-state index in [9.17, 15) is 22.8 Å². The van der Waals surface area contributed by atoms with Gasteiger partial charge < -0.3 is 20.3 Å². The van der Waals surface area contributed by atoms with E-state index in [-0.39, 0.29) is 30.3 Å². The van der Waals surface area contributed by atoms with Crippen LogP contribution in [0.3, 0.4) is 0 Å². The van der Waals surface area contributed by atoms with E-state index < -0.39 is 6.36 Å². The van der Waals surface area contributed by atoms with Gasteiger partial charge >= 0.3 is 12.4 Å². The lowest BCUT2D eigenvalue weighted by atomic mass is 10.1. The Kier molecular flexibility index (Phi) is 5.95. The van der Waals surface area contributed by atoms with Crippen LogP contribution < -0.4 is 15.4 Å². The predicted molar refractivity (Wildman–Crippen MR) is 101 cm³/mol. The van der Waals surface area contributed by atoms with Crippen LogP contribution in [0.5, 0.6) is 5.75 Å². The molecule has 1 saturated carbocycles. The zero-order chi connectivity index (χ0) is 21.0. The molecule has 0 saturated heterocycles. The van der Waals surface area contributed by atoms with E-state index in [0.29, 0.717) is 16.8 Å². The third-order valence-corrected chi connectivity index (χ3v) is 4.23. The number of nitrogens with one attached hydrogen (secondary N) is 2. The number of urea groups is 1. The number of anilines is 1. The molecule has 0 atom stereocenters. The monoisotopic (exact) mass is 407 g/mol. The summed E-state index contributed by atoms with van der Waals surface area (Å²) in [6.45, 7) is 0.217. The smallest absolute Gasteiger partial charge is 0.406 e. The van der Waals surface area contributed by atoms with E-state index in [1.54, 1.807) is 31.3 Å². The Morgan fingerprint density at radius 3 is 2.24 bits per heavy atom. The normalized spacial score (nSPS) is 13.5. The number of ether oxygens (including phenoxy) is 1. The highest BCUT2D eigenvalue weighted by Gasteiger charge is 2.31. The lowest BCUT2D eigenvalue weighted by Crippen LogP contribution is -2.30. The van der Waals surface area contributed by atoms with Crippen LogP contribution in [0.4, 0.5) is 23.7 Å². The molecule has 3 rings (SSSR count). The lowest BCUT2D eigenvalue weighted by Gasteiger charge is -2.18. The summed E-state index contributed by atoms with van der Waals surface area (Å²) in [5, 5.41) is 5.51. The average molecular weight is 407 g/mol. The number of amides is 3. The van der Waals surface area contributed by atoms with Crippen LogP contribution in [0.15, 0.2) is 48.5 Å². The quantitative estimate of drug-likeness (QED) is 0.756. The summed E-state index contributed by atoms with van der Waals surface area (Å²) in [5.74, 6) is -0.571. The molecule has 3 amide bonds. The third-order valence-electron chi connectivity index (χ3n) is 4.23. The fourth-order valence-electron chi connectivity index (χ4n) is 2.64. The van der Waals surface area contributed by atoms with E-state index in [1.165, 1.54) is 29.2 Å². The maximum atomic E-state index is 12.5. The molecule has 2 aromatic rings. The summed E-state index contributed by atoms with van der Waals surface area (Å²) in [5.41, 5.74) is 1.66. The summed E-state index contributed by atoms with van der Waals surface area (Å²) in [4.78, 5) is 25.7. The number of rotatable bonds is 6. The van der Waals surface area contributed by atoms with Crippen molar-refractivity contribution in [2.75, 3.05) is 12.4 Å². The van der Waals surface area contributed by atoms with Crippen molar-refractivity contribution >= 4 is 17.6 Å². The molecule has 0 unspecified atom stereocenters. The highest BCUT2D eigenvalue weighted by molar-refractivity contribution is 5.95. The van der Waals surface area contributed by atoms with Gasteiger partial charge in [-0.15, -0.1) is 13.2 Å². The first-order valence-corrected chi connectivity index (χ1v) is 8.97. The molecule has 154 valence electrons. The second kappa shape index (κ2) is 8.42. The molecule has 2 aromatic carbocycles. The van der Waals surface area contributed by atoms with Gasteiger partial charge in [-0.1, -0.05) is 12.1 Å². The van der Waals surface area contributed by atoms with E-state index in [0.717, 1.165) is 12.8 Å². The number of hydrogen-bond acceptors (Lipinski definition) is 3. The van der Waals surface area contributed by atoms with Gasteiger partial charge in [0.25, 0.3) is 5.91 Å². The first-order valence-electron chi connectivity index (χ1n) is 8.97. The molecule has 0 radical (unpaired) electrons. The Bertz CT molecular complexity index is 863. The summed E-state index contributed by atoms with van der Waals surface area (Å²) in [7, 11) is 1.59. The topological polar surface area (TPSA) is 70.7 Å². The molecule has 6 nitrogen and oxygen atoms in total. The van der Waals surface area contributed by atoms with Crippen LogP contribution in [0.1, 0.15) is 28.8 Å². The highest BCUT2D eigenvalue weighted by atomic mass is 19.4. The number of nitrogens with zero attached hydrogens (tertiary/aromatic N) is 1. The Labute approximate surface area is 165 Å². The van der Waals surface area contributed by atoms with Gasteiger partial charge in [0.05, 0.1) is 0 Å². The molecule has 0 spiro atoms. The van der Waals surface area contributed by atoms with Gasteiger partial charge in [0.15, 0.2) is 0 Å². The average Bonchev–Trinajstić information content (AvgIpc) is 3.46. The van der Waals surface area contributed by atoms with E-state index in [1.807, 2.05) is 0 Å². The number of carbonyl (C=O) groups is 2. The van der Waals surface area contributed by atoms with Crippen LogP contribution in [0.25, 0.3) is 0 Å². The molecule has 1 aliphatic carbocycles. The van der Waals surface area contributed by atoms with Gasteiger partial charge in [-0.2, -0.15) is 0 Å². The summed E-state index contributed by atoms with van der Waals surface area (Å²) in [6, 6.07) is 11.8. The molecule has 0 bridgehead atoms. The van der Waals surface area contributed by atoms with Crippen molar-refractivity contribution in [3.63, 3.8) is 0 Å². The largest absolute Gasteiger partial charge is 0.573 e. The first-order chi connectivity index (χ1) is 13.7. The standard InChI is InChI=1S/C20H20F3N3O3/c1-26(12-13-2-10-17(11-3-13)29-20(21,22)23)18(27)14-4-6-15(7-5-14)24-19(28)25-16-8-9-16/h2-7,10-11,16H,8-9,12H2,1H3,(H2,24,25,28). The maximum Gasteiger partial charge on any atom is 0.573 e. The number of benzene rings is 2.